The predicted octanol–water partition coefficient (Wildman–Crippen LogP) is 3.27. The molecule has 0 aromatic heterocycles. The molecule has 2 atom stereocenters. The molecular formula is C21H33NO6. The van der Waals surface area contributed by atoms with E-state index in [1.807, 2.05) is 45.0 Å². The molecule has 0 aliphatic carbocycles. The number of carboxylic acids is 1. The molecule has 0 aliphatic rings. The summed E-state index contributed by atoms with van der Waals surface area (Å²) in [5, 5.41) is 21.7. The molecule has 158 valence electrons. The van der Waals surface area contributed by atoms with E-state index in [-0.39, 0.29) is 6.42 Å². The fourth-order valence-corrected chi connectivity index (χ4v) is 2.48. The van der Waals surface area contributed by atoms with Crippen molar-refractivity contribution in [1.29, 1.82) is 0 Å². The van der Waals surface area contributed by atoms with Crippen LogP contribution >= 0.6 is 0 Å². The number of aryl methyl sites for hydroxylation is 1. The highest BCUT2D eigenvalue weighted by Crippen LogP contribution is 2.15. The third-order valence-electron chi connectivity index (χ3n) is 3.62. The number of aliphatic hydroxyl groups excluding tert-OH is 1. The van der Waals surface area contributed by atoms with Crippen LogP contribution in [0.3, 0.4) is 0 Å². The van der Waals surface area contributed by atoms with Gasteiger partial charge in [0, 0.05) is 12.8 Å². The molecule has 7 nitrogen and oxygen atoms in total. The largest absolute Gasteiger partial charge is 0.480 e. The minimum absolute atomic E-state index is 0.143. The molecule has 0 radical (unpaired) electrons. The molecule has 0 bridgehead atoms. The summed E-state index contributed by atoms with van der Waals surface area (Å²) in [6.45, 7) is 10.8. The highest BCUT2D eigenvalue weighted by atomic mass is 16.6. The van der Waals surface area contributed by atoms with Crippen LogP contribution in [0, 0.1) is 0 Å². The van der Waals surface area contributed by atoms with Crippen molar-refractivity contribution in [2.75, 3.05) is 0 Å². The van der Waals surface area contributed by atoms with Gasteiger partial charge in [-0.2, -0.15) is 0 Å². The van der Waals surface area contributed by atoms with Crippen LogP contribution < -0.4 is 5.32 Å². The second-order valence-corrected chi connectivity index (χ2v) is 8.78. The van der Waals surface area contributed by atoms with Crippen LogP contribution in [0.4, 0.5) is 4.79 Å². The van der Waals surface area contributed by atoms with Crippen molar-refractivity contribution in [2.45, 2.75) is 84.3 Å². The molecule has 28 heavy (non-hydrogen) atoms. The van der Waals surface area contributed by atoms with Crippen molar-refractivity contribution >= 4 is 12.1 Å². The van der Waals surface area contributed by atoms with Crippen LogP contribution in [-0.2, 0) is 27.1 Å². The van der Waals surface area contributed by atoms with E-state index in [2.05, 4.69) is 5.32 Å². The summed E-state index contributed by atoms with van der Waals surface area (Å²) >= 11 is 0. The van der Waals surface area contributed by atoms with E-state index in [4.69, 9.17) is 9.47 Å². The maximum Gasteiger partial charge on any atom is 0.408 e. The molecule has 0 unspecified atom stereocenters. The van der Waals surface area contributed by atoms with E-state index in [1.165, 1.54) is 0 Å². The average molecular weight is 395 g/mol. The Morgan fingerprint density at radius 3 is 2.00 bits per heavy atom. The number of carbonyl (C=O) groups excluding carboxylic acids is 1. The third kappa shape index (κ3) is 10.3. The van der Waals surface area contributed by atoms with Gasteiger partial charge >= 0.3 is 12.1 Å². The zero-order valence-electron chi connectivity index (χ0n) is 17.6. The van der Waals surface area contributed by atoms with Crippen molar-refractivity contribution in [2.24, 2.45) is 0 Å². The standard InChI is InChI=1S/C21H33NO6/c1-20(2,3)27-17(23)12-11-14-7-9-15(10-8-14)13-16(18(24)25)22-19(26)28-21(4,5)6/h7-10,16-17,23H,11-13H2,1-6H3,(H,22,26)(H,24,25)/t16-,17-/m0/s1. The third-order valence-corrected chi connectivity index (χ3v) is 3.62. The summed E-state index contributed by atoms with van der Waals surface area (Å²) in [6, 6.07) is 6.32. The number of alkyl carbamates (subject to hydrolysis) is 1. The van der Waals surface area contributed by atoms with Crippen LogP contribution in [0.15, 0.2) is 24.3 Å². The quantitative estimate of drug-likeness (QED) is 0.584. The second kappa shape index (κ2) is 9.89. The number of benzene rings is 1. The van der Waals surface area contributed by atoms with Crippen molar-refractivity contribution in [3.8, 4) is 0 Å². The SMILES string of the molecule is CC(C)(C)OC(=O)N[C@@H](Cc1ccc(CC[C@@H](O)OC(C)(C)C)cc1)C(=O)O. The van der Waals surface area contributed by atoms with E-state index >= 15 is 0 Å². The summed E-state index contributed by atoms with van der Waals surface area (Å²) in [5.41, 5.74) is 0.678. The Bertz CT molecular complexity index is 642. The lowest BCUT2D eigenvalue weighted by atomic mass is 10.0. The molecule has 0 saturated heterocycles. The van der Waals surface area contributed by atoms with Gasteiger partial charge in [-0.3, -0.25) is 0 Å². The molecule has 0 aliphatic heterocycles. The number of ether oxygens (including phenoxy) is 2. The normalized spacial score (nSPS) is 14.2. The number of aliphatic carboxylic acids is 1. The summed E-state index contributed by atoms with van der Waals surface area (Å²) in [5.74, 6) is -1.13. The molecule has 0 fully saturated rings. The molecule has 1 aromatic carbocycles. The maximum atomic E-state index is 11.8. The highest BCUT2D eigenvalue weighted by Gasteiger charge is 2.24. The number of carboxylic acid groups (broad SMARTS) is 1. The van der Waals surface area contributed by atoms with Gasteiger partial charge in [0.2, 0.25) is 0 Å². The van der Waals surface area contributed by atoms with E-state index in [9.17, 15) is 19.8 Å². The number of nitrogens with one attached hydrogen (secondary N) is 1. The van der Waals surface area contributed by atoms with E-state index in [0.29, 0.717) is 12.8 Å². The number of aliphatic hydroxyl groups is 1. The highest BCUT2D eigenvalue weighted by molar-refractivity contribution is 5.80. The first-order valence-corrected chi connectivity index (χ1v) is 9.41. The van der Waals surface area contributed by atoms with Crippen LogP contribution in [0.5, 0.6) is 0 Å². The minimum atomic E-state index is -1.13. The first-order valence-electron chi connectivity index (χ1n) is 9.41. The Morgan fingerprint density at radius 1 is 1.00 bits per heavy atom. The second-order valence-electron chi connectivity index (χ2n) is 8.78. The van der Waals surface area contributed by atoms with Gasteiger partial charge in [-0.15, -0.1) is 0 Å². The van der Waals surface area contributed by atoms with Crippen LogP contribution in [0.1, 0.15) is 59.1 Å². The number of rotatable bonds is 8. The van der Waals surface area contributed by atoms with Crippen LogP contribution in [0.25, 0.3) is 0 Å². The van der Waals surface area contributed by atoms with Gasteiger partial charge in [0.15, 0.2) is 6.29 Å². The molecule has 1 amide bonds. The molecule has 7 heteroatoms. The van der Waals surface area contributed by atoms with Gasteiger partial charge in [-0.25, -0.2) is 9.59 Å². The van der Waals surface area contributed by atoms with E-state index in [1.54, 1.807) is 20.8 Å². The smallest absolute Gasteiger partial charge is 0.408 e. The summed E-state index contributed by atoms with van der Waals surface area (Å²) in [7, 11) is 0. The average Bonchev–Trinajstić information content (AvgIpc) is 2.50. The monoisotopic (exact) mass is 395 g/mol. The van der Waals surface area contributed by atoms with Gasteiger partial charge in [-0.1, -0.05) is 24.3 Å². The van der Waals surface area contributed by atoms with Crippen molar-refractivity contribution < 1.29 is 29.3 Å². The molecule has 1 rings (SSSR count). The zero-order chi connectivity index (χ0) is 21.5. The molecular weight excluding hydrogens is 362 g/mol. The van der Waals surface area contributed by atoms with Gasteiger partial charge in [0.25, 0.3) is 0 Å². The molecule has 0 heterocycles. The minimum Gasteiger partial charge on any atom is -0.480 e. The Labute approximate surface area is 167 Å². The van der Waals surface area contributed by atoms with Crippen molar-refractivity contribution in [3.63, 3.8) is 0 Å². The summed E-state index contributed by atoms with van der Waals surface area (Å²) in [4.78, 5) is 23.3. The van der Waals surface area contributed by atoms with E-state index in [0.717, 1.165) is 11.1 Å². The molecule has 0 spiro atoms. The lowest BCUT2D eigenvalue weighted by Crippen LogP contribution is -2.44. The molecule has 3 N–H and O–H groups in total. The van der Waals surface area contributed by atoms with Crippen molar-refractivity contribution in [1.82, 2.24) is 5.32 Å². The number of hydrogen-bond acceptors (Lipinski definition) is 5. The Hall–Kier alpha value is -2.12. The predicted molar refractivity (Wildman–Crippen MR) is 106 cm³/mol. The first-order chi connectivity index (χ1) is 12.7. The number of carbonyl (C=O) groups is 2. The fourth-order valence-electron chi connectivity index (χ4n) is 2.48. The topological polar surface area (TPSA) is 105 Å². The summed E-state index contributed by atoms with van der Waals surface area (Å²) < 4.78 is 10.6. The Morgan fingerprint density at radius 2 is 1.54 bits per heavy atom. The van der Waals surface area contributed by atoms with E-state index < -0.39 is 35.6 Å². The van der Waals surface area contributed by atoms with Crippen LogP contribution in [-0.4, -0.2) is 45.8 Å². The van der Waals surface area contributed by atoms with Gasteiger partial charge in [-0.05, 0) is 59.1 Å². The van der Waals surface area contributed by atoms with Crippen molar-refractivity contribution in [3.05, 3.63) is 35.4 Å². The fraction of sp³-hybridized carbons (Fsp3) is 0.619. The lowest BCUT2D eigenvalue weighted by Gasteiger charge is -2.24. The maximum absolute atomic E-state index is 11.8. The Kier molecular flexibility index (Phi) is 8.45. The van der Waals surface area contributed by atoms with Crippen LogP contribution in [0.2, 0.25) is 0 Å². The first kappa shape index (κ1) is 23.9. The van der Waals surface area contributed by atoms with Gasteiger partial charge in [0.05, 0.1) is 5.60 Å². The number of hydrogen-bond donors (Lipinski definition) is 3. The summed E-state index contributed by atoms with van der Waals surface area (Å²) in [6.07, 6.45) is -0.353. The number of amides is 1. The Balaban J connectivity index is 2.61. The lowest BCUT2D eigenvalue weighted by molar-refractivity contribution is -0.167. The zero-order valence-corrected chi connectivity index (χ0v) is 17.6. The molecule has 0 saturated carbocycles. The molecule has 1 aromatic rings. The van der Waals surface area contributed by atoms with Gasteiger partial charge in [0.1, 0.15) is 11.6 Å². The van der Waals surface area contributed by atoms with Gasteiger partial charge < -0.3 is 25.0 Å².